The molecule has 5 atom stereocenters. The Morgan fingerprint density at radius 2 is 1.46 bits per heavy atom. The molecule has 5 unspecified atom stereocenters. The van der Waals surface area contributed by atoms with Crippen molar-refractivity contribution in [2.75, 3.05) is 0 Å². The van der Waals surface area contributed by atoms with Gasteiger partial charge in [-0.1, -0.05) is 18.2 Å². The first-order valence-electron chi connectivity index (χ1n) is 11.9. The van der Waals surface area contributed by atoms with E-state index < -0.39 is 85.2 Å². The lowest BCUT2D eigenvalue weighted by Gasteiger charge is -2.24. The maximum atomic E-state index is 12.9. The van der Waals surface area contributed by atoms with Crippen LogP contribution in [0.3, 0.4) is 0 Å². The Labute approximate surface area is 221 Å². The fraction of sp³-hybridized carbons (Fsp3) is 0.417. The highest BCUT2D eigenvalue weighted by atomic mass is 16.4. The van der Waals surface area contributed by atoms with Crippen molar-refractivity contribution < 1.29 is 49.2 Å². The maximum absolute atomic E-state index is 12.9. The van der Waals surface area contributed by atoms with Crippen LogP contribution in [0.25, 0.3) is 10.9 Å². The molecule has 2 rings (SSSR count). The molecule has 0 fully saturated rings. The predicted molar refractivity (Wildman–Crippen MR) is 134 cm³/mol. The number of carboxylic acid groups (broad SMARTS) is 3. The van der Waals surface area contributed by atoms with Crippen LogP contribution in [0.5, 0.6) is 0 Å². The molecule has 212 valence electrons. The molecule has 0 aliphatic rings. The monoisotopic (exact) mass is 549 g/mol. The first kappa shape index (κ1) is 30.7. The van der Waals surface area contributed by atoms with E-state index in [-0.39, 0.29) is 6.42 Å². The van der Waals surface area contributed by atoms with Gasteiger partial charge in [0.05, 0.1) is 12.5 Å². The molecular formula is C24H31N5O10. The number of hydrogen-bond acceptors (Lipinski definition) is 8. The molecule has 2 aromatic rings. The average Bonchev–Trinajstić information content (AvgIpc) is 3.27. The standard InChI is InChI=1S/C24H31N5O10/c1-11(30)20(25)23(37)27-15(6-7-18(31)32)21(35)28-16(9-19(33)34)22(36)29-17(24(38)39)8-12-10-26-14-5-3-2-4-13(12)14/h2-5,10-11,15-17,20,26,30H,6-9,25H2,1H3,(H,27,37)(H,28,35)(H,29,36)(H,31,32)(H,33,34)(H,38,39). The molecule has 0 saturated carbocycles. The first-order chi connectivity index (χ1) is 18.3. The molecule has 10 N–H and O–H groups in total. The summed E-state index contributed by atoms with van der Waals surface area (Å²) in [5.74, 6) is -7.43. The minimum atomic E-state index is -1.77. The van der Waals surface area contributed by atoms with Gasteiger partial charge in [0.15, 0.2) is 0 Å². The van der Waals surface area contributed by atoms with Gasteiger partial charge < -0.3 is 47.1 Å². The third-order valence-electron chi connectivity index (χ3n) is 5.83. The van der Waals surface area contributed by atoms with E-state index in [0.29, 0.717) is 5.56 Å². The van der Waals surface area contributed by atoms with Crippen molar-refractivity contribution in [1.82, 2.24) is 20.9 Å². The molecule has 1 aromatic carbocycles. The first-order valence-corrected chi connectivity index (χ1v) is 11.9. The van der Waals surface area contributed by atoms with Crippen LogP contribution < -0.4 is 21.7 Å². The number of nitrogens with one attached hydrogen (secondary N) is 4. The minimum absolute atomic E-state index is 0.159. The summed E-state index contributed by atoms with van der Waals surface area (Å²) in [6.07, 6.45) is -1.85. The van der Waals surface area contributed by atoms with Crippen LogP contribution >= 0.6 is 0 Å². The van der Waals surface area contributed by atoms with Crippen molar-refractivity contribution in [3.8, 4) is 0 Å². The van der Waals surface area contributed by atoms with Crippen molar-refractivity contribution in [2.45, 2.75) is 62.9 Å². The summed E-state index contributed by atoms with van der Waals surface area (Å²) in [4.78, 5) is 75.4. The zero-order valence-electron chi connectivity index (χ0n) is 20.9. The molecule has 15 nitrogen and oxygen atoms in total. The van der Waals surface area contributed by atoms with E-state index in [2.05, 4.69) is 20.9 Å². The van der Waals surface area contributed by atoms with E-state index in [1.807, 2.05) is 0 Å². The lowest BCUT2D eigenvalue weighted by Crippen LogP contribution is -2.58. The van der Waals surface area contributed by atoms with Crippen LogP contribution in [-0.4, -0.2) is 91.3 Å². The number of fused-ring (bicyclic) bond motifs is 1. The molecular weight excluding hydrogens is 518 g/mol. The number of amides is 3. The van der Waals surface area contributed by atoms with Gasteiger partial charge in [0, 0.05) is 29.9 Å². The van der Waals surface area contributed by atoms with E-state index in [1.165, 1.54) is 6.92 Å². The molecule has 15 heteroatoms. The van der Waals surface area contributed by atoms with Gasteiger partial charge in [0.1, 0.15) is 24.2 Å². The summed E-state index contributed by atoms with van der Waals surface area (Å²) in [7, 11) is 0. The number of aliphatic hydroxyl groups is 1. The second kappa shape index (κ2) is 13.9. The highest BCUT2D eigenvalue weighted by Gasteiger charge is 2.32. The van der Waals surface area contributed by atoms with Crippen molar-refractivity contribution in [3.05, 3.63) is 36.0 Å². The third kappa shape index (κ3) is 9.08. The number of rotatable bonds is 15. The fourth-order valence-electron chi connectivity index (χ4n) is 3.67. The number of carbonyl (C=O) groups is 6. The molecule has 0 saturated heterocycles. The summed E-state index contributed by atoms with van der Waals surface area (Å²) in [6.45, 7) is 1.22. The van der Waals surface area contributed by atoms with Crippen molar-refractivity contribution in [2.24, 2.45) is 5.73 Å². The molecule has 0 aliphatic carbocycles. The summed E-state index contributed by atoms with van der Waals surface area (Å²) in [5, 5.41) is 44.7. The highest BCUT2D eigenvalue weighted by molar-refractivity contribution is 5.96. The van der Waals surface area contributed by atoms with Gasteiger partial charge in [-0.3, -0.25) is 24.0 Å². The Kier molecular flexibility index (Phi) is 10.9. The van der Waals surface area contributed by atoms with Gasteiger partial charge in [0.2, 0.25) is 17.7 Å². The van der Waals surface area contributed by atoms with Gasteiger partial charge in [-0.2, -0.15) is 0 Å². The number of carbonyl (C=O) groups excluding carboxylic acids is 3. The Bertz CT molecular complexity index is 1230. The van der Waals surface area contributed by atoms with E-state index in [4.69, 9.17) is 10.8 Å². The van der Waals surface area contributed by atoms with Gasteiger partial charge in [-0.05, 0) is 25.0 Å². The lowest BCUT2D eigenvalue weighted by atomic mass is 10.0. The maximum Gasteiger partial charge on any atom is 0.326 e. The third-order valence-corrected chi connectivity index (χ3v) is 5.83. The number of benzene rings is 1. The topological polar surface area (TPSA) is 261 Å². The lowest BCUT2D eigenvalue weighted by molar-refractivity contribution is -0.143. The van der Waals surface area contributed by atoms with Crippen LogP contribution in [0, 0.1) is 0 Å². The Balaban J connectivity index is 2.20. The minimum Gasteiger partial charge on any atom is -0.481 e. The molecule has 39 heavy (non-hydrogen) atoms. The SMILES string of the molecule is CC(O)C(N)C(=O)NC(CCC(=O)O)C(=O)NC(CC(=O)O)C(=O)NC(Cc1c[nH]c2ccccc12)C(=O)O. The number of carboxylic acids is 3. The molecule has 1 heterocycles. The number of nitrogens with two attached hydrogens (primary N) is 1. The smallest absolute Gasteiger partial charge is 0.326 e. The van der Waals surface area contributed by atoms with Gasteiger partial charge in [-0.25, -0.2) is 4.79 Å². The van der Waals surface area contributed by atoms with Gasteiger partial charge in [-0.15, -0.1) is 0 Å². The van der Waals surface area contributed by atoms with Crippen LogP contribution in [0.4, 0.5) is 0 Å². The van der Waals surface area contributed by atoms with Crippen LogP contribution in [0.2, 0.25) is 0 Å². The van der Waals surface area contributed by atoms with E-state index in [0.717, 1.165) is 10.9 Å². The summed E-state index contributed by atoms with van der Waals surface area (Å²) >= 11 is 0. The molecule has 0 bridgehead atoms. The molecule has 3 amide bonds. The zero-order chi connectivity index (χ0) is 29.3. The fourth-order valence-corrected chi connectivity index (χ4v) is 3.67. The van der Waals surface area contributed by atoms with Crippen LogP contribution in [0.1, 0.15) is 31.7 Å². The predicted octanol–water partition coefficient (Wildman–Crippen LogP) is -1.70. The number of H-pyrrole nitrogens is 1. The van der Waals surface area contributed by atoms with E-state index in [1.54, 1.807) is 30.5 Å². The quantitative estimate of drug-likeness (QED) is 0.121. The molecule has 0 spiro atoms. The molecule has 1 aromatic heterocycles. The van der Waals surface area contributed by atoms with Crippen molar-refractivity contribution in [3.63, 3.8) is 0 Å². The number of para-hydroxylation sites is 1. The zero-order valence-corrected chi connectivity index (χ0v) is 20.9. The summed E-state index contributed by atoms with van der Waals surface area (Å²) in [5.41, 5.74) is 6.86. The number of aromatic amines is 1. The van der Waals surface area contributed by atoms with E-state index in [9.17, 15) is 44.1 Å². The van der Waals surface area contributed by atoms with Crippen LogP contribution in [0.15, 0.2) is 30.5 Å². The molecule has 0 aliphatic heterocycles. The Morgan fingerprint density at radius 1 is 0.872 bits per heavy atom. The summed E-state index contributed by atoms with van der Waals surface area (Å²) < 4.78 is 0. The Morgan fingerprint density at radius 3 is 2.05 bits per heavy atom. The van der Waals surface area contributed by atoms with E-state index >= 15 is 0 Å². The number of aromatic nitrogens is 1. The second-order valence-corrected chi connectivity index (χ2v) is 8.88. The van der Waals surface area contributed by atoms with Gasteiger partial charge in [0.25, 0.3) is 0 Å². The average molecular weight is 550 g/mol. The highest BCUT2D eigenvalue weighted by Crippen LogP contribution is 2.19. The normalized spacial score (nSPS) is 14.8. The number of aliphatic hydroxyl groups excluding tert-OH is 1. The molecule has 0 radical (unpaired) electrons. The van der Waals surface area contributed by atoms with Crippen molar-refractivity contribution >= 4 is 46.5 Å². The summed E-state index contributed by atoms with van der Waals surface area (Å²) in [6, 6.07) is 0.797. The number of hydrogen-bond donors (Lipinski definition) is 9. The second-order valence-electron chi connectivity index (χ2n) is 8.88. The largest absolute Gasteiger partial charge is 0.481 e. The van der Waals surface area contributed by atoms with Crippen molar-refractivity contribution in [1.29, 1.82) is 0 Å². The van der Waals surface area contributed by atoms with Crippen LogP contribution in [-0.2, 0) is 35.2 Å². The Hall–Kier alpha value is -4.50. The number of aliphatic carboxylic acids is 3. The van der Waals surface area contributed by atoms with Gasteiger partial charge >= 0.3 is 17.9 Å².